The fourth-order valence-corrected chi connectivity index (χ4v) is 4.02. The van der Waals surface area contributed by atoms with Crippen LogP contribution in [0.4, 0.5) is 10.8 Å². The van der Waals surface area contributed by atoms with Gasteiger partial charge in [-0.1, -0.05) is 35.2 Å². The van der Waals surface area contributed by atoms with Crippen LogP contribution in [-0.2, 0) is 4.79 Å². The highest BCUT2D eigenvalue weighted by Crippen LogP contribution is 2.26. The number of nitrogens with zero attached hydrogens (tertiary/aromatic N) is 4. The third kappa shape index (κ3) is 4.55. The van der Waals surface area contributed by atoms with E-state index in [-0.39, 0.29) is 17.3 Å². The number of benzene rings is 2. The van der Waals surface area contributed by atoms with Gasteiger partial charge in [0, 0.05) is 17.7 Å². The molecule has 0 unspecified atom stereocenters. The van der Waals surface area contributed by atoms with E-state index < -0.39 is 4.92 Å². The fourth-order valence-electron chi connectivity index (χ4n) is 2.53. The van der Waals surface area contributed by atoms with E-state index in [0.717, 1.165) is 15.8 Å². The van der Waals surface area contributed by atoms with Crippen LogP contribution in [-0.4, -0.2) is 31.8 Å². The Labute approximate surface area is 173 Å². The highest BCUT2D eigenvalue weighted by molar-refractivity contribution is 7.99. The van der Waals surface area contributed by atoms with Gasteiger partial charge >= 0.3 is 0 Å². The van der Waals surface area contributed by atoms with E-state index in [4.69, 9.17) is 0 Å². The third-order valence-corrected chi connectivity index (χ3v) is 5.78. The molecule has 0 bridgehead atoms. The number of thiazole rings is 1. The number of nitro benzene ring substituents is 1. The molecule has 0 aliphatic carbocycles. The molecule has 10 heteroatoms. The van der Waals surface area contributed by atoms with Gasteiger partial charge in [0.15, 0.2) is 5.13 Å². The molecule has 2 heterocycles. The minimum absolute atomic E-state index is 0.0213. The Kier molecular flexibility index (Phi) is 5.45. The van der Waals surface area contributed by atoms with Gasteiger partial charge in [-0.25, -0.2) is 4.98 Å². The zero-order valence-corrected chi connectivity index (χ0v) is 16.4. The standard InChI is InChI=1S/C19H13N5O3S2/c25-17(21-19-20-15-3-1-2-4-16(15)29-19)11-28-18-10-9-14(22-23-18)12-5-7-13(8-6-12)24(26)27/h1-10H,11H2,(H,20,21,25). The van der Waals surface area contributed by atoms with Gasteiger partial charge in [-0.05, 0) is 36.4 Å². The maximum absolute atomic E-state index is 12.2. The van der Waals surface area contributed by atoms with Crippen LogP contribution in [0.5, 0.6) is 0 Å². The molecule has 1 amide bonds. The SMILES string of the molecule is O=C(CSc1ccc(-c2ccc([N+](=O)[O-])cc2)nn1)Nc1nc2ccccc2s1. The molecule has 8 nitrogen and oxygen atoms in total. The Morgan fingerprint density at radius 3 is 2.55 bits per heavy atom. The van der Waals surface area contributed by atoms with E-state index in [1.807, 2.05) is 24.3 Å². The monoisotopic (exact) mass is 423 g/mol. The van der Waals surface area contributed by atoms with Crippen LogP contribution in [0.2, 0.25) is 0 Å². The molecule has 0 atom stereocenters. The summed E-state index contributed by atoms with van der Waals surface area (Å²) < 4.78 is 1.02. The van der Waals surface area contributed by atoms with Crippen molar-refractivity contribution in [1.82, 2.24) is 15.2 Å². The van der Waals surface area contributed by atoms with Gasteiger partial charge in [-0.3, -0.25) is 14.9 Å². The number of nitro groups is 1. The molecule has 4 rings (SSSR count). The summed E-state index contributed by atoms with van der Waals surface area (Å²) in [6.07, 6.45) is 0. The van der Waals surface area contributed by atoms with Crippen molar-refractivity contribution in [1.29, 1.82) is 0 Å². The summed E-state index contributed by atoms with van der Waals surface area (Å²) in [4.78, 5) is 26.8. The molecule has 29 heavy (non-hydrogen) atoms. The summed E-state index contributed by atoms with van der Waals surface area (Å²) in [5.74, 6) is 0.0110. The first-order valence-electron chi connectivity index (χ1n) is 8.45. The number of nitrogens with one attached hydrogen (secondary N) is 1. The molecule has 0 fully saturated rings. The Morgan fingerprint density at radius 2 is 1.86 bits per heavy atom. The number of non-ortho nitro benzene ring substituents is 1. The molecule has 1 N–H and O–H groups in total. The van der Waals surface area contributed by atoms with Crippen molar-refractivity contribution >= 4 is 50.0 Å². The van der Waals surface area contributed by atoms with Gasteiger partial charge in [0.25, 0.3) is 5.69 Å². The zero-order chi connectivity index (χ0) is 20.2. The first-order valence-corrected chi connectivity index (χ1v) is 10.3. The molecule has 2 aromatic carbocycles. The van der Waals surface area contributed by atoms with E-state index in [1.54, 1.807) is 24.3 Å². The summed E-state index contributed by atoms with van der Waals surface area (Å²) >= 11 is 2.69. The number of para-hydroxylation sites is 1. The fraction of sp³-hybridized carbons (Fsp3) is 0.0526. The Morgan fingerprint density at radius 1 is 1.07 bits per heavy atom. The zero-order valence-electron chi connectivity index (χ0n) is 14.8. The second-order valence-corrected chi connectivity index (χ2v) is 7.91. The minimum atomic E-state index is -0.450. The van der Waals surface area contributed by atoms with Crippen molar-refractivity contribution in [2.45, 2.75) is 5.03 Å². The maximum atomic E-state index is 12.2. The number of aromatic nitrogens is 3. The lowest BCUT2D eigenvalue weighted by Crippen LogP contribution is -2.13. The van der Waals surface area contributed by atoms with Crippen LogP contribution in [0, 0.1) is 10.1 Å². The topological polar surface area (TPSA) is 111 Å². The predicted octanol–water partition coefficient (Wildman–Crippen LogP) is 4.39. The number of rotatable bonds is 6. The molecule has 2 aromatic heterocycles. The summed E-state index contributed by atoms with van der Waals surface area (Å²) in [5.41, 5.74) is 2.21. The molecule has 4 aromatic rings. The average molecular weight is 423 g/mol. The van der Waals surface area contributed by atoms with Gasteiger partial charge in [0.2, 0.25) is 5.91 Å². The van der Waals surface area contributed by atoms with E-state index in [1.165, 1.54) is 35.2 Å². The number of hydrogen-bond donors (Lipinski definition) is 1. The van der Waals surface area contributed by atoms with Crippen molar-refractivity contribution in [3.8, 4) is 11.3 Å². The summed E-state index contributed by atoms with van der Waals surface area (Å²) in [7, 11) is 0. The summed E-state index contributed by atoms with van der Waals surface area (Å²) in [5, 5.41) is 22.9. The van der Waals surface area contributed by atoms with Crippen molar-refractivity contribution in [3.63, 3.8) is 0 Å². The van der Waals surface area contributed by atoms with Crippen LogP contribution in [0.15, 0.2) is 65.7 Å². The Hall–Kier alpha value is -3.37. The molecule has 0 saturated heterocycles. The van der Waals surface area contributed by atoms with Gasteiger partial charge in [0.1, 0.15) is 5.03 Å². The lowest BCUT2D eigenvalue weighted by atomic mass is 10.1. The molecular formula is C19H13N5O3S2. The van der Waals surface area contributed by atoms with Gasteiger partial charge in [-0.2, -0.15) is 0 Å². The predicted molar refractivity (Wildman–Crippen MR) is 113 cm³/mol. The van der Waals surface area contributed by atoms with Gasteiger partial charge < -0.3 is 5.32 Å². The highest BCUT2D eigenvalue weighted by atomic mass is 32.2. The Balaban J connectivity index is 1.34. The van der Waals surface area contributed by atoms with Crippen LogP contribution in [0.25, 0.3) is 21.5 Å². The highest BCUT2D eigenvalue weighted by Gasteiger charge is 2.10. The third-order valence-electron chi connectivity index (χ3n) is 3.91. The van der Waals surface area contributed by atoms with Crippen LogP contribution in [0.3, 0.4) is 0 Å². The number of anilines is 1. The molecule has 0 aliphatic heterocycles. The van der Waals surface area contributed by atoms with Crippen molar-refractivity contribution in [2.24, 2.45) is 0 Å². The molecule has 0 saturated carbocycles. The smallest absolute Gasteiger partial charge is 0.269 e. The van der Waals surface area contributed by atoms with Gasteiger partial charge in [-0.15, -0.1) is 10.2 Å². The minimum Gasteiger partial charge on any atom is -0.301 e. The second-order valence-electron chi connectivity index (χ2n) is 5.88. The van der Waals surface area contributed by atoms with E-state index in [0.29, 0.717) is 15.9 Å². The van der Waals surface area contributed by atoms with Crippen molar-refractivity contribution in [3.05, 3.63) is 70.8 Å². The lowest BCUT2D eigenvalue weighted by Gasteiger charge is -2.03. The van der Waals surface area contributed by atoms with Crippen molar-refractivity contribution < 1.29 is 9.72 Å². The van der Waals surface area contributed by atoms with Crippen molar-refractivity contribution in [2.75, 3.05) is 11.1 Å². The normalized spacial score (nSPS) is 10.8. The summed E-state index contributed by atoms with van der Waals surface area (Å²) in [6.45, 7) is 0. The molecule has 144 valence electrons. The number of hydrogen-bond acceptors (Lipinski definition) is 8. The number of thioether (sulfide) groups is 1. The first-order chi connectivity index (χ1) is 14.1. The number of amides is 1. The maximum Gasteiger partial charge on any atom is 0.269 e. The lowest BCUT2D eigenvalue weighted by molar-refractivity contribution is -0.384. The van der Waals surface area contributed by atoms with E-state index in [2.05, 4.69) is 20.5 Å². The first kappa shape index (κ1) is 19.0. The summed E-state index contributed by atoms with van der Waals surface area (Å²) in [6, 6.07) is 17.3. The molecule has 0 radical (unpaired) electrons. The molecule has 0 spiro atoms. The molecular weight excluding hydrogens is 410 g/mol. The molecule has 0 aliphatic rings. The average Bonchev–Trinajstić information content (AvgIpc) is 3.15. The number of fused-ring (bicyclic) bond motifs is 1. The van der Waals surface area contributed by atoms with E-state index in [9.17, 15) is 14.9 Å². The van der Waals surface area contributed by atoms with Crippen LogP contribution in [0.1, 0.15) is 0 Å². The number of carbonyl (C=O) groups excluding carboxylic acids is 1. The second kappa shape index (κ2) is 8.33. The van der Waals surface area contributed by atoms with Gasteiger partial charge in [0.05, 0.1) is 26.6 Å². The Bertz CT molecular complexity index is 1140. The van der Waals surface area contributed by atoms with Crippen LogP contribution < -0.4 is 5.32 Å². The van der Waals surface area contributed by atoms with E-state index >= 15 is 0 Å². The quantitative estimate of drug-likeness (QED) is 0.278. The largest absolute Gasteiger partial charge is 0.301 e. The number of carbonyl (C=O) groups is 1. The van der Waals surface area contributed by atoms with Crippen LogP contribution >= 0.6 is 23.1 Å².